The number of rotatable bonds is 7. The second-order valence-corrected chi connectivity index (χ2v) is 9.40. The number of aromatic nitrogens is 2. The lowest BCUT2D eigenvalue weighted by molar-refractivity contribution is -0.0859. The second-order valence-electron chi connectivity index (χ2n) is 9.40. The van der Waals surface area contributed by atoms with Crippen LogP contribution in [-0.4, -0.2) is 58.4 Å². The second kappa shape index (κ2) is 10.5. The van der Waals surface area contributed by atoms with Gasteiger partial charge in [-0.3, -0.25) is 4.90 Å². The van der Waals surface area contributed by atoms with E-state index in [1.807, 2.05) is 20.8 Å². The Hall–Kier alpha value is -1.99. The quantitative estimate of drug-likeness (QED) is 0.539. The maximum atomic E-state index is 13.9. The molecule has 3 aliphatic rings. The van der Waals surface area contributed by atoms with E-state index in [1.54, 1.807) is 6.92 Å². The molecule has 5 rings (SSSR count). The fourth-order valence-corrected chi connectivity index (χ4v) is 5.29. The molecule has 0 spiro atoms. The summed E-state index contributed by atoms with van der Waals surface area (Å²) in [7, 11) is 0. The van der Waals surface area contributed by atoms with Crippen LogP contribution in [0.1, 0.15) is 75.3 Å². The van der Waals surface area contributed by atoms with E-state index in [4.69, 9.17) is 9.47 Å². The number of halogens is 1. The minimum absolute atomic E-state index is 0.292. The van der Waals surface area contributed by atoms with Crippen molar-refractivity contribution in [1.82, 2.24) is 14.5 Å². The van der Waals surface area contributed by atoms with Gasteiger partial charge in [0.05, 0.1) is 30.6 Å². The minimum atomic E-state index is -0.436. The molecule has 0 amide bonds. The molecule has 6 nitrogen and oxygen atoms in total. The molecule has 0 radical (unpaired) electrons. The van der Waals surface area contributed by atoms with Crippen LogP contribution in [0.15, 0.2) is 12.3 Å². The summed E-state index contributed by atoms with van der Waals surface area (Å²) >= 11 is 0. The summed E-state index contributed by atoms with van der Waals surface area (Å²) in [5.41, 5.74) is 1.93. The molecule has 3 fully saturated rings. The van der Waals surface area contributed by atoms with Gasteiger partial charge in [-0.05, 0) is 64.4 Å². The molecule has 2 aromatic rings. The fraction of sp³-hybridized carbons (Fsp3) is 0.692. The lowest BCUT2D eigenvalue weighted by Crippen LogP contribution is -2.57. The number of esters is 1. The van der Waals surface area contributed by atoms with Crippen LogP contribution in [0.25, 0.3) is 11.0 Å². The van der Waals surface area contributed by atoms with Crippen molar-refractivity contribution < 1.29 is 18.7 Å². The van der Waals surface area contributed by atoms with Crippen molar-refractivity contribution >= 4 is 17.0 Å². The molecular formula is C26H38FN3O3. The lowest BCUT2D eigenvalue weighted by Gasteiger charge is -2.46. The molecule has 1 aliphatic heterocycles. The van der Waals surface area contributed by atoms with Crippen LogP contribution in [-0.2, 0) is 16.0 Å². The van der Waals surface area contributed by atoms with E-state index >= 15 is 0 Å². The number of nitrogens with zero attached hydrogens (tertiary/aromatic N) is 3. The number of carbonyl (C=O) groups excluding carboxylic acids is 1. The third-order valence-corrected chi connectivity index (χ3v) is 7.16. The highest BCUT2D eigenvalue weighted by Gasteiger charge is 2.38. The minimum Gasteiger partial charge on any atom is -0.462 e. The normalized spacial score (nSPS) is 23.7. The Morgan fingerprint density at radius 1 is 1.12 bits per heavy atom. The molecule has 3 heterocycles. The number of hydrogen-bond acceptors (Lipinski definition) is 5. The summed E-state index contributed by atoms with van der Waals surface area (Å²) in [4.78, 5) is 19.5. The number of pyridine rings is 1. The molecule has 0 N–H and O–H groups in total. The predicted octanol–water partition coefficient (Wildman–Crippen LogP) is 5.11. The van der Waals surface area contributed by atoms with Gasteiger partial charge in [-0.2, -0.15) is 0 Å². The molecular weight excluding hydrogens is 421 g/mol. The maximum absolute atomic E-state index is 13.9. The van der Waals surface area contributed by atoms with Crippen molar-refractivity contribution in [3.8, 4) is 0 Å². The third-order valence-electron chi connectivity index (χ3n) is 7.16. The fourth-order valence-electron chi connectivity index (χ4n) is 5.29. The topological polar surface area (TPSA) is 56.6 Å². The molecule has 7 heteroatoms. The summed E-state index contributed by atoms with van der Waals surface area (Å²) < 4.78 is 27.2. The van der Waals surface area contributed by atoms with Gasteiger partial charge in [0.1, 0.15) is 11.5 Å². The Labute approximate surface area is 196 Å². The van der Waals surface area contributed by atoms with Crippen molar-refractivity contribution in [2.75, 3.05) is 19.7 Å². The van der Waals surface area contributed by atoms with Gasteiger partial charge < -0.3 is 14.0 Å². The van der Waals surface area contributed by atoms with Gasteiger partial charge in [0.25, 0.3) is 0 Å². The summed E-state index contributed by atoms with van der Waals surface area (Å²) in [6.45, 7) is 11.0. The first kappa shape index (κ1) is 24.1. The van der Waals surface area contributed by atoms with E-state index in [2.05, 4.69) is 14.5 Å². The zero-order valence-corrected chi connectivity index (χ0v) is 20.5. The van der Waals surface area contributed by atoms with Gasteiger partial charge in [0.15, 0.2) is 0 Å². The smallest absolute Gasteiger partial charge is 0.340 e. The summed E-state index contributed by atoms with van der Waals surface area (Å²) in [6, 6.07) is 2.07. The van der Waals surface area contributed by atoms with Crippen molar-refractivity contribution in [1.29, 1.82) is 0 Å². The van der Waals surface area contributed by atoms with Gasteiger partial charge in [0.2, 0.25) is 0 Å². The third kappa shape index (κ3) is 5.24. The van der Waals surface area contributed by atoms with Gasteiger partial charge >= 0.3 is 5.97 Å². The number of hydrogen-bond donors (Lipinski definition) is 0. The average molecular weight is 460 g/mol. The molecule has 2 aromatic heterocycles. The Morgan fingerprint density at radius 2 is 1.82 bits per heavy atom. The van der Waals surface area contributed by atoms with Crippen molar-refractivity contribution in [3.63, 3.8) is 0 Å². The van der Waals surface area contributed by atoms with Crippen molar-refractivity contribution in [3.05, 3.63) is 29.3 Å². The number of carbonyl (C=O) groups is 1. The SMILES string of the molecule is CC.CCOC(=O)c1c(C)n(CC2CCC(N3CC(OC4CC4)C3)CC2)c2ncc(F)cc12. The van der Waals surface area contributed by atoms with Crippen LogP contribution in [0.2, 0.25) is 0 Å². The van der Waals surface area contributed by atoms with Gasteiger partial charge in [-0.25, -0.2) is 14.2 Å². The van der Waals surface area contributed by atoms with Gasteiger partial charge in [-0.15, -0.1) is 0 Å². The molecule has 182 valence electrons. The molecule has 0 bridgehead atoms. The predicted molar refractivity (Wildman–Crippen MR) is 127 cm³/mol. The molecule has 2 aliphatic carbocycles. The first-order chi connectivity index (χ1) is 16.0. The standard InChI is InChI=1S/C24H32FN3O3.C2H6/c1-3-30-24(29)22-15(2)28(23-21(22)10-17(25)11-26-23)12-16-4-6-18(7-5-16)27-13-20(14-27)31-19-8-9-19;1-2/h10-11,16,18-20H,3-9,12-14H2,1-2H3;1-2H3. The van der Waals surface area contributed by atoms with E-state index in [9.17, 15) is 9.18 Å². The molecule has 0 atom stereocenters. The van der Waals surface area contributed by atoms with Gasteiger partial charge in [-0.1, -0.05) is 13.8 Å². The van der Waals surface area contributed by atoms with E-state index in [-0.39, 0.29) is 0 Å². The molecule has 0 unspecified atom stereocenters. The van der Waals surface area contributed by atoms with Crippen LogP contribution >= 0.6 is 0 Å². The van der Waals surface area contributed by atoms with E-state index in [0.29, 0.717) is 47.4 Å². The number of ether oxygens (including phenoxy) is 2. The van der Waals surface area contributed by atoms with Crippen LogP contribution in [0.5, 0.6) is 0 Å². The first-order valence-electron chi connectivity index (χ1n) is 12.7. The molecule has 0 aromatic carbocycles. The summed E-state index contributed by atoms with van der Waals surface area (Å²) in [5, 5.41) is 0.548. The van der Waals surface area contributed by atoms with E-state index in [0.717, 1.165) is 38.2 Å². The average Bonchev–Trinajstić information content (AvgIpc) is 3.57. The highest BCUT2D eigenvalue weighted by molar-refractivity contribution is 6.05. The molecule has 2 saturated carbocycles. The maximum Gasteiger partial charge on any atom is 0.340 e. The van der Waals surface area contributed by atoms with Crippen LogP contribution in [0.3, 0.4) is 0 Å². The zero-order chi connectivity index (χ0) is 23.5. The number of fused-ring (bicyclic) bond motifs is 1. The Balaban J connectivity index is 0.00000126. The molecule has 33 heavy (non-hydrogen) atoms. The Kier molecular flexibility index (Phi) is 7.69. The summed E-state index contributed by atoms with van der Waals surface area (Å²) in [6.07, 6.45) is 9.43. The summed E-state index contributed by atoms with van der Waals surface area (Å²) in [5.74, 6) is -0.304. The lowest BCUT2D eigenvalue weighted by atomic mass is 9.84. The highest BCUT2D eigenvalue weighted by Crippen LogP contribution is 2.35. The Morgan fingerprint density at radius 3 is 2.45 bits per heavy atom. The van der Waals surface area contributed by atoms with E-state index < -0.39 is 11.8 Å². The first-order valence-corrected chi connectivity index (χ1v) is 12.7. The van der Waals surface area contributed by atoms with Crippen LogP contribution in [0, 0.1) is 18.7 Å². The highest BCUT2D eigenvalue weighted by atomic mass is 19.1. The Bertz CT molecular complexity index is 957. The van der Waals surface area contributed by atoms with Crippen LogP contribution in [0.4, 0.5) is 4.39 Å². The monoisotopic (exact) mass is 459 g/mol. The zero-order valence-electron chi connectivity index (χ0n) is 20.5. The van der Waals surface area contributed by atoms with Crippen molar-refractivity contribution in [2.24, 2.45) is 5.92 Å². The number of likely N-dealkylation sites (tertiary alicyclic amines) is 1. The largest absolute Gasteiger partial charge is 0.462 e. The van der Waals surface area contributed by atoms with Gasteiger partial charge in [0, 0.05) is 36.8 Å². The van der Waals surface area contributed by atoms with Crippen molar-refractivity contribution in [2.45, 2.75) is 91.0 Å². The molecule has 1 saturated heterocycles. The van der Waals surface area contributed by atoms with E-state index in [1.165, 1.54) is 37.9 Å². The van der Waals surface area contributed by atoms with Crippen LogP contribution < -0.4 is 0 Å².